The van der Waals surface area contributed by atoms with E-state index in [0.717, 1.165) is 24.9 Å². The van der Waals surface area contributed by atoms with Crippen LogP contribution in [0, 0.1) is 0 Å². The normalized spacial score (nSPS) is 26.0. The van der Waals surface area contributed by atoms with E-state index in [1.807, 2.05) is 0 Å². The Morgan fingerprint density at radius 1 is 0.750 bits per heavy atom. The van der Waals surface area contributed by atoms with Gasteiger partial charge in [-0.2, -0.15) is 0 Å². The van der Waals surface area contributed by atoms with E-state index in [2.05, 4.69) is 60.5 Å². The van der Waals surface area contributed by atoms with Crippen molar-refractivity contribution in [2.45, 2.75) is 50.6 Å². The van der Waals surface area contributed by atoms with Crippen LogP contribution in [-0.4, -0.2) is 24.0 Å². The molecule has 0 spiro atoms. The summed E-state index contributed by atoms with van der Waals surface area (Å²) in [4.78, 5) is 2.64. The molecule has 2 aromatic rings. The molecule has 2 bridgehead atoms. The minimum absolute atomic E-state index is 0.758. The number of rotatable bonds is 0. The van der Waals surface area contributed by atoms with Gasteiger partial charge in [-0.25, -0.2) is 0 Å². The maximum absolute atomic E-state index is 2.64. The highest BCUT2D eigenvalue weighted by Crippen LogP contribution is 2.44. The van der Waals surface area contributed by atoms with Crippen molar-refractivity contribution >= 4 is 5.57 Å². The standard InChI is InChI=1S/C23H25N/c1-24-19-12-13-20(24)15-18(14-19)23-21-8-4-2-6-16(21)10-11-17-7-3-5-9-22(17)23/h2-9,19-20H,10-15H2,1H3/t19-,20+. The van der Waals surface area contributed by atoms with Gasteiger partial charge in [0, 0.05) is 12.1 Å². The van der Waals surface area contributed by atoms with Gasteiger partial charge in [0.1, 0.15) is 0 Å². The van der Waals surface area contributed by atoms with Gasteiger partial charge in [0.05, 0.1) is 0 Å². The maximum Gasteiger partial charge on any atom is 0.0133 e. The summed E-state index contributed by atoms with van der Waals surface area (Å²) in [6, 6.07) is 19.8. The Bertz CT molecular complexity index is 751. The molecule has 122 valence electrons. The van der Waals surface area contributed by atoms with E-state index in [1.165, 1.54) is 47.9 Å². The SMILES string of the molecule is CN1[C@@H]2CC[C@H]1CC(=C1c3ccccc3CCc3ccccc31)C2. The fourth-order valence-corrected chi connectivity index (χ4v) is 5.20. The highest BCUT2D eigenvalue weighted by molar-refractivity contribution is 5.86. The third-order valence-electron chi connectivity index (χ3n) is 6.54. The fraction of sp³-hybridized carbons (Fsp3) is 0.391. The van der Waals surface area contributed by atoms with Crippen LogP contribution in [-0.2, 0) is 12.8 Å². The average Bonchev–Trinajstić information content (AvgIpc) is 2.81. The predicted octanol–water partition coefficient (Wildman–Crippen LogP) is 4.84. The van der Waals surface area contributed by atoms with Crippen LogP contribution in [0.3, 0.4) is 0 Å². The highest BCUT2D eigenvalue weighted by atomic mass is 15.2. The number of hydrogen-bond acceptors (Lipinski definition) is 1. The largest absolute Gasteiger partial charge is 0.300 e. The molecule has 5 rings (SSSR count). The smallest absolute Gasteiger partial charge is 0.0133 e. The number of fused-ring (bicyclic) bond motifs is 4. The van der Waals surface area contributed by atoms with Crippen molar-refractivity contribution in [3.05, 3.63) is 76.4 Å². The molecular formula is C23H25N. The van der Waals surface area contributed by atoms with E-state index in [4.69, 9.17) is 0 Å². The summed E-state index contributed by atoms with van der Waals surface area (Å²) in [5.74, 6) is 0. The monoisotopic (exact) mass is 315 g/mol. The molecule has 0 aromatic heterocycles. The van der Waals surface area contributed by atoms with E-state index in [-0.39, 0.29) is 0 Å². The summed E-state index contributed by atoms with van der Waals surface area (Å²) in [7, 11) is 2.33. The van der Waals surface area contributed by atoms with Crippen molar-refractivity contribution in [2.24, 2.45) is 0 Å². The third kappa shape index (κ3) is 2.18. The molecule has 0 N–H and O–H groups in total. The third-order valence-corrected chi connectivity index (χ3v) is 6.54. The molecule has 0 saturated carbocycles. The van der Waals surface area contributed by atoms with Gasteiger partial charge in [0.15, 0.2) is 0 Å². The Balaban J connectivity index is 1.74. The molecule has 0 amide bonds. The van der Waals surface area contributed by atoms with Crippen LogP contribution < -0.4 is 0 Å². The zero-order valence-electron chi connectivity index (χ0n) is 14.5. The van der Waals surface area contributed by atoms with E-state index in [0.29, 0.717) is 0 Å². The first-order chi connectivity index (χ1) is 11.8. The van der Waals surface area contributed by atoms with Crippen LogP contribution in [0.2, 0.25) is 0 Å². The van der Waals surface area contributed by atoms with Crippen molar-refractivity contribution in [3.8, 4) is 0 Å². The highest BCUT2D eigenvalue weighted by Gasteiger charge is 2.37. The second-order valence-corrected chi connectivity index (χ2v) is 7.75. The van der Waals surface area contributed by atoms with Crippen molar-refractivity contribution < 1.29 is 0 Å². The van der Waals surface area contributed by atoms with Crippen LogP contribution in [0.1, 0.15) is 47.9 Å². The summed E-state index contributed by atoms with van der Waals surface area (Å²) in [5.41, 5.74) is 9.35. The molecule has 3 aliphatic rings. The van der Waals surface area contributed by atoms with E-state index in [1.54, 1.807) is 11.1 Å². The van der Waals surface area contributed by atoms with Gasteiger partial charge in [-0.15, -0.1) is 0 Å². The zero-order chi connectivity index (χ0) is 16.1. The van der Waals surface area contributed by atoms with Gasteiger partial charge in [-0.3, -0.25) is 4.90 Å². The molecular weight excluding hydrogens is 290 g/mol. The number of piperidine rings is 1. The lowest BCUT2D eigenvalue weighted by Crippen LogP contribution is -2.37. The van der Waals surface area contributed by atoms with E-state index >= 15 is 0 Å². The van der Waals surface area contributed by atoms with Crippen molar-refractivity contribution in [3.63, 3.8) is 0 Å². The summed E-state index contributed by atoms with van der Waals surface area (Å²) in [5, 5.41) is 0. The molecule has 2 heterocycles. The summed E-state index contributed by atoms with van der Waals surface area (Å²) >= 11 is 0. The Morgan fingerprint density at radius 3 is 1.79 bits per heavy atom. The molecule has 0 unspecified atom stereocenters. The quantitative estimate of drug-likeness (QED) is 0.672. The average molecular weight is 315 g/mol. The second-order valence-electron chi connectivity index (χ2n) is 7.75. The summed E-state index contributed by atoms with van der Waals surface area (Å²) in [6.07, 6.45) is 7.59. The molecule has 1 heteroatoms. The van der Waals surface area contributed by atoms with Crippen molar-refractivity contribution in [1.82, 2.24) is 4.90 Å². The number of benzene rings is 2. The van der Waals surface area contributed by atoms with Gasteiger partial charge >= 0.3 is 0 Å². The minimum Gasteiger partial charge on any atom is -0.300 e. The molecule has 1 aliphatic carbocycles. The Morgan fingerprint density at radius 2 is 1.25 bits per heavy atom. The Kier molecular flexibility index (Phi) is 3.38. The van der Waals surface area contributed by atoms with Crippen LogP contribution in [0.25, 0.3) is 5.57 Å². The Labute approximate surface area is 145 Å². The fourth-order valence-electron chi connectivity index (χ4n) is 5.20. The van der Waals surface area contributed by atoms with E-state index in [9.17, 15) is 0 Å². The molecule has 2 fully saturated rings. The van der Waals surface area contributed by atoms with Crippen LogP contribution >= 0.6 is 0 Å². The van der Waals surface area contributed by atoms with Gasteiger partial charge < -0.3 is 0 Å². The molecule has 24 heavy (non-hydrogen) atoms. The van der Waals surface area contributed by atoms with E-state index < -0.39 is 0 Å². The van der Waals surface area contributed by atoms with Gasteiger partial charge in [0.25, 0.3) is 0 Å². The van der Waals surface area contributed by atoms with Crippen LogP contribution in [0.5, 0.6) is 0 Å². The topological polar surface area (TPSA) is 3.24 Å². The molecule has 0 radical (unpaired) electrons. The van der Waals surface area contributed by atoms with Crippen molar-refractivity contribution in [2.75, 3.05) is 7.05 Å². The molecule has 2 saturated heterocycles. The lowest BCUT2D eigenvalue weighted by molar-refractivity contribution is 0.210. The van der Waals surface area contributed by atoms with Crippen LogP contribution in [0.4, 0.5) is 0 Å². The van der Waals surface area contributed by atoms with Gasteiger partial charge in [0.2, 0.25) is 0 Å². The number of aryl methyl sites for hydroxylation is 2. The molecule has 2 aromatic carbocycles. The Hall–Kier alpha value is -1.86. The molecule has 2 aliphatic heterocycles. The van der Waals surface area contributed by atoms with Gasteiger partial charge in [-0.1, -0.05) is 54.1 Å². The maximum atomic E-state index is 2.64. The number of hydrogen-bond donors (Lipinski definition) is 0. The second kappa shape index (κ2) is 5.60. The first-order valence-electron chi connectivity index (χ1n) is 9.42. The van der Waals surface area contributed by atoms with Gasteiger partial charge in [-0.05, 0) is 73.4 Å². The predicted molar refractivity (Wildman–Crippen MR) is 100 cm³/mol. The lowest BCUT2D eigenvalue weighted by atomic mass is 9.84. The zero-order valence-corrected chi connectivity index (χ0v) is 14.5. The lowest BCUT2D eigenvalue weighted by Gasteiger charge is -2.34. The molecule has 1 nitrogen and oxygen atoms in total. The summed E-state index contributed by atoms with van der Waals surface area (Å²) in [6.45, 7) is 0. The first-order valence-corrected chi connectivity index (χ1v) is 9.42. The van der Waals surface area contributed by atoms with Crippen molar-refractivity contribution in [1.29, 1.82) is 0 Å². The van der Waals surface area contributed by atoms with Crippen LogP contribution in [0.15, 0.2) is 54.1 Å². The molecule has 2 atom stereocenters. The summed E-state index contributed by atoms with van der Waals surface area (Å²) < 4.78 is 0. The first kappa shape index (κ1) is 14.5. The minimum atomic E-state index is 0.758. The number of nitrogens with zero attached hydrogens (tertiary/aromatic N) is 1.